The van der Waals surface area contributed by atoms with Gasteiger partial charge in [-0.05, 0) is 36.4 Å². The summed E-state index contributed by atoms with van der Waals surface area (Å²) >= 11 is 3.26. The van der Waals surface area contributed by atoms with Crippen LogP contribution >= 0.6 is 15.9 Å². The van der Waals surface area contributed by atoms with Gasteiger partial charge in [-0.1, -0.05) is 28.1 Å². The van der Waals surface area contributed by atoms with Gasteiger partial charge in [0.05, 0.1) is 28.3 Å². The Balaban J connectivity index is 1.78. The second-order valence-corrected chi connectivity index (χ2v) is 7.17. The summed E-state index contributed by atoms with van der Waals surface area (Å²) in [7, 11) is -3.71. The molecule has 1 aromatic heterocycles. The zero-order valence-electron chi connectivity index (χ0n) is 11.7. The molecule has 2 aromatic carbocycles. The number of hydrogen-bond donors (Lipinski definition) is 1. The van der Waals surface area contributed by atoms with Gasteiger partial charge >= 0.3 is 0 Å². The molecule has 0 amide bonds. The minimum Gasteiger partial charge on any atom is -0.252 e. The third kappa shape index (κ3) is 3.72. The number of fused-ring (bicyclic) bond motifs is 1. The number of hydrogen-bond acceptors (Lipinski definition) is 5. The van der Waals surface area contributed by atoms with Crippen LogP contribution in [0.1, 0.15) is 5.69 Å². The van der Waals surface area contributed by atoms with Crippen molar-refractivity contribution in [2.24, 2.45) is 5.10 Å². The Bertz CT molecular complexity index is 972. The van der Waals surface area contributed by atoms with Gasteiger partial charge in [-0.3, -0.25) is 4.98 Å². The molecule has 0 saturated carbocycles. The van der Waals surface area contributed by atoms with Crippen molar-refractivity contribution >= 4 is 43.2 Å². The molecule has 0 saturated heterocycles. The topological polar surface area (TPSA) is 84.3 Å². The Kier molecular flexibility index (Phi) is 4.35. The highest BCUT2D eigenvalue weighted by molar-refractivity contribution is 9.10. The van der Waals surface area contributed by atoms with E-state index in [1.807, 2.05) is 24.3 Å². The molecule has 1 N–H and O–H groups in total. The summed E-state index contributed by atoms with van der Waals surface area (Å²) in [4.78, 5) is 10.8. The second kappa shape index (κ2) is 6.43. The van der Waals surface area contributed by atoms with Crippen LogP contribution in [0.4, 0.5) is 0 Å². The molecule has 116 valence electrons. The van der Waals surface area contributed by atoms with Gasteiger partial charge in [0.2, 0.25) is 0 Å². The predicted octanol–water partition coefficient (Wildman–Crippen LogP) is 2.70. The van der Waals surface area contributed by atoms with Gasteiger partial charge in [0, 0.05) is 4.47 Å². The lowest BCUT2D eigenvalue weighted by Gasteiger charge is -2.03. The molecule has 0 aliphatic heterocycles. The smallest absolute Gasteiger partial charge is 0.252 e. The molecule has 0 atom stereocenters. The zero-order valence-corrected chi connectivity index (χ0v) is 14.1. The first kappa shape index (κ1) is 15.6. The van der Waals surface area contributed by atoms with Crippen LogP contribution in [-0.4, -0.2) is 24.6 Å². The van der Waals surface area contributed by atoms with E-state index in [0.717, 1.165) is 9.99 Å². The van der Waals surface area contributed by atoms with Crippen molar-refractivity contribution in [3.8, 4) is 0 Å². The largest absolute Gasteiger partial charge is 0.276 e. The van der Waals surface area contributed by atoms with Crippen molar-refractivity contribution < 1.29 is 8.42 Å². The van der Waals surface area contributed by atoms with Crippen LogP contribution in [0.25, 0.3) is 11.0 Å². The summed E-state index contributed by atoms with van der Waals surface area (Å²) in [6, 6.07) is 13.7. The Morgan fingerprint density at radius 1 is 1.04 bits per heavy atom. The molecular weight excluding hydrogens is 380 g/mol. The van der Waals surface area contributed by atoms with E-state index in [1.54, 1.807) is 12.1 Å². The SMILES string of the molecule is O=S(=O)(N/N=C\c1cnc2ccccc2n1)c1ccc(Br)cc1. The number of halogens is 1. The highest BCUT2D eigenvalue weighted by Crippen LogP contribution is 2.14. The quantitative estimate of drug-likeness (QED) is 0.548. The summed E-state index contributed by atoms with van der Waals surface area (Å²) < 4.78 is 24.9. The third-order valence-corrected chi connectivity index (χ3v) is 4.73. The van der Waals surface area contributed by atoms with E-state index in [0.29, 0.717) is 11.2 Å². The number of rotatable bonds is 4. The molecule has 0 aliphatic carbocycles. The van der Waals surface area contributed by atoms with Crippen molar-refractivity contribution in [1.29, 1.82) is 0 Å². The molecule has 0 radical (unpaired) electrons. The van der Waals surface area contributed by atoms with Crippen molar-refractivity contribution in [2.45, 2.75) is 4.90 Å². The maximum atomic E-state index is 12.1. The molecule has 6 nitrogen and oxygen atoms in total. The van der Waals surface area contributed by atoms with Crippen molar-refractivity contribution in [3.05, 3.63) is 64.9 Å². The fraction of sp³-hybridized carbons (Fsp3) is 0. The van der Waals surface area contributed by atoms with Gasteiger partial charge in [0.1, 0.15) is 5.69 Å². The first-order valence-corrected chi connectivity index (χ1v) is 8.84. The van der Waals surface area contributed by atoms with Gasteiger partial charge in [0.15, 0.2) is 0 Å². The summed E-state index contributed by atoms with van der Waals surface area (Å²) in [5, 5.41) is 3.74. The average molecular weight is 391 g/mol. The van der Waals surface area contributed by atoms with E-state index in [2.05, 4.69) is 35.8 Å². The first-order valence-electron chi connectivity index (χ1n) is 6.57. The van der Waals surface area contributed by atoms with Crippen LogP contribution in [-0.2, 0) is 10.0 Å². The standard InChI is InChI=1S/C15H11BrN4O2S/c16-11-5-7-13(8-6-11)23(21,22)20-18-10-12-9-17-14-3-1-2-4-15(14)19-12/h1-10,20H/b18-10-. The van der Waals surface area contributed by atoms with Crippen molar-refractivity contribution in [1.82, 2.24) is 14.8 Å². The monoisotopic (exact) mass is 390 g/mol. The molecular formula is C15H11BrN4O2S. The van der Waals surface area contributed by atoms with Gasteiger partial charge in [0.25, 0.3) is 10.0 Å². The number of nitrogens with zero attached hydrogens (tertiary/aromatic N) is 3. The lowest BCUT2D eigenvalue weighted by atomic mass is 10.3. The Morgan fingerprint density at radius 2 is 1.74 bits per heavy atom. The maximum Gasteiger partial charge on any atom is 0.276 e. The molecule has 0 fully saturated rings. The molecule has 0 bridgehead atoms. The van der Waals surface area contributed by atoms with E-state index in [9.17, 15) is 8.42 Å². The molecule has 3 aromatic rings. The maximum absolute atomic E-state index is 12.1. The normalized spacial score (nSPS) is 11.9. The van der Waals surface area contributed by atoms with Crippen molar-refractivity contribution in [2.75, 3.05) is 0 Å². The van der Waals surface area contributed by atoms with Gasteiger partial charge in [-0.2, -0.15) is 13.5 Å². The highest BCUT2D eigenvalue weighted by Gasteiger charge is 2.11. The lowest BCUT2D eigenvalue weighted by Crippen LogP contribution is -2.18. The Labute approximate surface area is 141 Å². The van der Waals surface area contributed by atoms with E-state index in [-0.39, 0.29) is 4.90 Å². The Morgan fingerprint density at radius 3 is 2.48 bits per heavy atom. The summed E-state index contributed by atoms with van der Waals surface area (Å²) in [6.07, 6.45) is 2.84. The lowest BCUT2D eigenvalue weighted by molar-refractivity contribution is 0.584. The van der Waals surface area contributed by atoms with E-state index in [4.69, 9.17) is 0 Å². The second-order valence-electron chi connectivity index (χ2n) is 4.59. The number of para-hydroxylation sites is 2. The molecule has 0 aliphatic rings. The first-order chi connectivity index (χ1) is 11.0. The van der Waals surface area contributed by atoms with Crippen molar-refractivity contribution in [3.63, 3.8) is 0 Å². The van der Waals surface area contributed by atoms with Gasteiger partial charge < -0.3 is 0 Å². The summed E-state index contributed by atoms with van der Waals surface area (Å²) in [5.74, 6) is 0. The van der Waals surface area contributed by atoms with Crippen LogP contribution in [0.5, 0.6) is 0 Å². The highest BCUT2D eigenvalue weighted by atomic mass is 79.9. The van der Waals surface area contributed by atoms with E-state index >= 15 is 0 Å². The summed E-state index contributed by atoms with van der Waals surface area (Å²) in [5.41, 5.74) is 1.94. The number of aromatic nitrogens is 2. The van der Waals surface area contributed by atoms with Crippen LogP contribution in [0.15, 0.2) is 69.2 Å². The van der Waals surface area contributed by atoms with Crippen LogP contribution in [0, 0.1) is 0 Å². The molecule has 23 heavy (non-hydrogen) atoms. The number of sulfonamides is 1. The van der Waals surface area contributed by atoms with E-state index < -0.39 is 10.0 Å². The van der Waals surface area contributed by atoms with Crippen LogP contribution < -0.4 is 4.83 Å². The fourth-order valence-corrected chi connectivity index (χ4v) is 2.92. The molecule has 8 heteroatoms. The number of hydrazone groups is 1. The minimum atomic E-state index is -3.71. The number of benzene rings is 2. The van der Waals surface area contributed by atoms with Crippen LogP contribution in [0.2, 0.25) is 0 Å². The molecule has 3 rings (SSSR count). The van der Waals surface area contributed by atoms with Gasteiger partial charge in [-0.15, -0.1) is 0 Å². The minimum absolute atomic E-state index is 0.127. The fourth-order valence-electron chi connectivity index (χ4n) is 1.86. The number of nitrogens with one attached hydrogen (secondary N) is 1. The molecule has 1 heterocycles. The zero-order chi connectivity index (χ0) is 16.3. The average Bonchev–Trinajstić information content (AvgIpc) is 2.55. The third-order valence-electron chi connectivity index (χ3n) is 2.96. The predicted molar refractivity (Wildman–Crippen MR) is 91.6 cm³/mol. The summed E-state index contributed by atoms with van der Waals surface area (Å²) in [6.45, 7) is 0. The Hall–Kier alpha value is -2.32. The molecule has 0 unspecified atom stereocenters. The molecule has 0 spiro atoms. The van der Waals surface area contributed by atoms with Gasteiger partial charge in [-0.25, -0.2) is 9.82 Å². The van der Waals surface area contributed by atoms with E-state index in [1.165, 1.54) is 24.5 Å². The van der Waals surface area contributed by atoms with Crippen LogP contribution in [0.3, 0.4) is 0 Å².